The van der Waals surface area contributed by atoms with Crippen LogP contribution in [-0.4, -0.2) is 36.0 Å². The minimum absolute atomic E-state index is 0.250. The molecule has 2 rings (SSSR count). The molecule has 3 atom stereocenters. The van der Waals surface area contributed by atoms with Gasteiger partial charge in [-0.2, -0.15) is 0 Å². The van der Waals surface area contributed by atoms with Crippen molar-refractivity contribution in [3.8, 4) is 0 Å². The van der Waals surface area contributed by atoms with Crippen LogP contribution < -0.4 is 0 Å². The van der Waals surface area contributed by atoms with E-state index in [4.69, 9.17) is 16.3 Å². The normalized spacial score (nSPS) is 47.4. The van der Waals surface area contributed by atoms with E-state index in [0.29, 0.717) is 5.88 Å². The zero-order chi connectivity index (χ0) is 10.6. The topological polar surface area (TPSA) is 32.8 Å². The Kier molecular flexibility index (Phi) is 2.32. The summed E-state index contributed by atoms with van der Waals surface area (Å²) in [5.74, 6) is 0.313. The number of fused-ring (bicyclic) bond motifs is 1. The number of hydrogen-bond donors (Lipinski definition) is 1. The van der Waals surface area contributed by atoms with Crippen LogP contribution >= 0.6 is 11.6 Å². The molecule has 0 aromatic heterocycles. The van der Waals surface area contributed by atoms with Crippen molar-refractivity contribution in [1.82, 2.24) is 0 Å². The molecule has 0 bridgehead atoms. The zero-order valence-electron chi connectivity index (χ0n) is 9.14. The van der Waals surface area contributed by atoms with Crippen molar-refractivity contribution in [3.63, 3.8) is 0 Å². The Balaban J connectivity index is 2.34. The van der Waals surface area contributed by atoms with E-state index < -0.39 is 13.7 Å². The van der Waals surface area contributed by atoms with Crippen LogP contribution in [0.5, 0.6) is 0 Å². The third kappa shape index (κ3) is 1.16. The largest absolute Gasteiger partial charge is 0.386 e. The Hall–Kier alpha value is 0.427. The summed E-state index contributed by atoms with van der Waals surface area (Å²) in [7, 11) is -1.52. The summed E-state index contributed by atoms with van der Waals surface area (Å²) in [6.07, 6.45) is 3.23. The molecule has 0 spiro atoms. The molecule has 0 aromatic carbocycles. The van der Waals surface area contributed by atoms with E-state index in [9.17, 15) is 5.11 Å². The molecule has 0 radical (unpaired) electrons. The zero-order valence-corrected chi connectivity index (χ0v) is 10.9. The fraction of sp³-hybridized carbons (Fsp3) is 1.00. The van der Waals surface area contributed by atoms with Crippen molar-refractivity contribution in [1.29, 1.82) is 0 Å². The minimum Gasteiger partial charge on any atom is -0.386 e. The second-order valence-corrected chi connectivity index (χ2v) is 11.2. The fourth-order valence-electron chi connectivity index (χ4n) is 3.15. The first-order valence-electron chi connectivity index (χ1n) is 5.33. The Morgan fingerprint density at radius 3 is 2.57 bits per heavy atom. The molecule has 1 N–H and O–H groups in total. The first-order chi connectivity index (χ1) is 6.37. The van der Waals surface area contributed by atoms with Gasteiger partial charge in [0.25, 0.3) is 0 Å². The summed E-state index contributed by atoms with van der Waals surface area (Å²) >= 11 is 5.93. The Morgan fingerprint density at radius 1 is 1.50 bits per heavy atom. The van der Waals surface area contributed by atoms with Gasteiger partial charge < -0.3 is 9.84 Å². The predicted octanol–water partition coefficient (Wildman–Crippen LogP) is 2.16. The van der Waals surface area contributed by atoms with Crippen LogP contribution in [0.1, 0.15) is 19.3 Å². The third-order valence-corrected chi connectivity index (χ3v) is 7.38. The standard InChI is InChI=1S/C10H19ClO2Si/c1-14(2,3)10-8(13-10)5-4-6-9(10,12)7-11/h8,12H,4-7H2,1-3H3/t8-,9-,10+/m0/s1. The molecule has 1 aliphatic carbocycles. The molecule has 2 nitrogen and oxygen atoms in total. The second kappa shape index (κ2) is 2.97. The molecule has 1 saturated heterocycles. The predicted molar refractivity (Wildman–Crippen MR) is 60.5 cm³/mol. The smallest absolute Gasteiger partial charge is 0.113 e. The van der Waals surface area contributed by atoms with Crippen molar-refractivity contribution in [2.45, 2.75) is 55.8 Å². The van der Waals surface area contributed by atoms with E-state index in [0.717, 1.165) is 19.3 Å². The van der Waals surface area contributed by atoms with Gasteiger partial charge in [-0.1, -0.05) is 19.6 Å². The van der Waals surface area contributed by atoms with E-state index >= 15 is 0 Å². The fourth-order valence-corrected chi connectivity index (χ4v) is 6.81. The Morgan fingerprint density at radius 2 is 2.14 bits per heavy atom. The van der Waals surface area contributed by atoms with Crippen LogP contribution in [0.2, 0.25) is 19.6 Å². The van der Waals surface area contributed by atoms with Crippen LogP contribution in [-0.2, 0) is 4.74 Å². The quantitative estimate of drug-likeness (QED) is 0.451. The summed E-state index contributed by atoms with van der Waals surface area (Å²) in [4.78, 5) is 0. The molecule has 2 fully saturated rings. The molecule has 0 unspecified atom stereocenters. The van der Waals surface area contributed by atoms with Gasteiger partial charge in [-0.25, -0.2) is 0 Å². The molecular formula is C10H19ClO2Si. The first kappa shape index (κ1) is 10.9. The van der Waals surface area contributed by atoms with Crippen molar-refractivity contribution in [2.24, 2.45) is 0 Å². The average molecular weight is 235 g/mol. The lowest BCUT2D eigenvalue weighted by Gasteiger charge is -2.42. The van der Waals surface area contributed by atoms with Gasteiger partial charge in [-0.05, 0) is 19.3 Å². The van der Waals surface area contributed by atoms with Crippen molar-refractivity contribution >= 4 is 19.7 Å². The average Bonchev–Trinajstić information content (AvgIpc) is 2.80. The minimum atomic E-state index is -1.52. The van der Waals surface area contributed by atoms with Crippen LogP contribution in [0, 0.1) is 0 Å². The van der Waals surface area contributed by atoms with Gasteiger partial charge >= 0.3 is 0 Å². The SMILES string of the molecule is C[Si](C)(C)[C@]12O[C@H]1CCC[C@]2(O)CCl. The lowest BCUT2D eigenvalue weighted by atomic mass is 9.85. The van der Waals surface area contributed by atoms with E-state index in [-0.39, 0.29) is 11.3 Å². The van der Waals surface area contributed by atoms with Crippen molar-refractivity contribution in [3.05, 3.63) is 0 Å². The number of rotatable bonds is 2. The lowest BCUT2D eigenvalue weighted by Crippen LogP contribution is -2.62. The molecule has 1 heterocycles. The molecule has 0 amide bonds. The number of hydrogen-bond acceptors (Lipinski definition) is 2. The van der Waals surface area contributed by atoms with E-state index in [1.807, 2.05) is 0 Å². The van der Waals surface area contributed by atoms with Gasteiger partial charge in [-0.15, -0.1) is 11.6 Å². The van der Waals surface area contributed by atoms with E-state index in [2.05, 4.69) is 19.6 Å². The van der Waals surface area contributed by atoms with Crippen LogP contribution in [0.15, 0.2) is 0 Å². The van der Waals surface area contributed by atoms with Crippen LogP contribution in [0.25, 0.3) is 0 Å². The molecule has 0 aromatic rings. The number of ether oxygens (including phenoxy) is 1. The maximum atomic E-state index is 10.6. The molecule has 82 valence electrons. The molecule has 1 saturated carbocycles. The van der Waals surface area contributed by atoms with Gasteiger partial charge in [0, 0.05) is 0 Å². The highest BCUT2D eigenvalue weighted by Crippen LogP contribution is 2.58. The Bertz CT molecular complexity index is 253. The molecule has 14 heavy (non-hydrogen) atoms. The van der Waals surface area contributed by atoms with Crippen LogP contribution in [0.3, 0.4) is 0 Å². The van der Waals surface area contributed by atoms with Gasteiger partial charge in [0.05, 0.1) is 20.1 Å². The summed E-state index contributed by atoms with van der Waals surface area (Å²) in [5, 5.41) is 10.3. The Labute approximate surface area is 91.6 Å². The molecule has 2 aliphatic rings. The number of epoxide rings is 1. The van der Waals surface area contributed by atoms with E-state index in [1.54, 1.807) is 0 Å². The maximum Gasteiger partial charge on any atom is 0.113 e. The number of halogens is 1. The molecular weight excluding hydrogens is 216 g/mol. The van der Waals surface area contributed by atoms with Gasteiger partial charge in [0.1, 0.15) is 10.8 Å². The number of aliphatic hydroxyl groups is 1. The highest BCUT2D eigenvalue weighted by atomic mass is 35.5. The maximum absolute atomic E-state index is 10.6. The van der Waals surface area contributed by atoms with E-state index in [1.165, 1.54) is 0 Å². The highest BCUT2D eigenvalue weighted by molar-refractivity contribution is 6.80. The summed E-state index contributed by atoms with van der Waals surface area (Å²) in [5.41, 5.74) is -0.762. The summed E-state index contributed by atoms with van der Waals surface area (Å²) in [6, 6.07) is 0. The highest BCUT2D eigenvalue weighted by Gasteiger charge is 2.74. The first-order valence-corrected chi connectivity index (χ1v) is 9.37. The lowest BCUT2D eigenvalue weighted by molar-refractivity contribution is -0.000620. The third-order valence-electron chi connectivity index (χ3n) is 3.81. The van der Waals surface area contributed by atoms with Crippen molar-refractivity contribution < 1.29 is 9.84 Å². The summed E-state index contributed by atoms with van der Waals surface area (Å²) in [6.45, 7) is 6.78. The van der Waals surface area contributed by atoms with Gasteiger partial charge in [0.15, 0.2) is 0 Å². The number of alkyl halides is 1. The second-order valence-electron chi connectivity index (χ2n) is 5.65. The van der Waals surface area contributed by atoms with Crippen LogP contribution in [0.4, 0.5) is 0 Å². The van der Waals surface area contributed by atoms with Gasteiger partial charge in [0.2, 0.25) is 0 Å². The van der Waals surface area contributed by atoms with Crippen molar-refractivity contribution in [2.75, 3.05) is 5.88 Å². The van der Waals surface area contributed by atoms with Gasteiger partial charge in [-0.3, -0.25) is 0 Å². The molecule has 4 heteroatoms. The summed E-state index contributed by atoms with van der Waals surface area (Å²) < 4.78 is 5.86. The monoisotopic (exact) mass is 234 g/mol. The molecule has 1 aliphatic heterocycles.